The van der Waals surface area contributed by atoms with E-state index in [1.807, 2.05) is 18.2 Å². The first-order valence-corrected chi connectivity index (χ1v) is 7.35. The van der Waals surface area contributed by atoms with Gasteiger partial charge in [-0.2, -0.15) is 0 Å². The van der Waals surface area contributed by atoms with Gasteiger partial charge in [-0.25, -0.2) is 0 Å². The van der Waals surface area contributed by atoms with Gasteiger partial charge in [0.15, 0.2) is 0 Å². The van der Waals surface area contributed by atoms with Crippen molar-refractivity contribution >= 4 is 11.6 Å². The molecule has 1 aliphatic heterocycles. The fraction of sp³-hybridized carbons (Fsp3) is 0.375. The molecule has 4 heteroatoms. The summed E-state index contributed by atoms with van der Waals surface area (Å²) in [6.07, 6.45) is 5.29. The number of fused-ring (bicyclic) bond motifs is 1. The van der Waals surface area contributed by atoms with Gasteiger partial charge in [0.05, 0.1) is 19.1 Å². The lowest BCUT2D eigenvalue weighted by Gasteiger charge is -2.18. The Bertz CT molecular complexity index is 580. The van der Waals surface area contributed by atoms with Crippen LogP contribution in [0, 0.1) is 0 Å². The van der Waals surface area contributed by atoms with Crippen molar-refractivity contribution in [1.82, 2.24) is 5.32 Å². The Morgan fingerprint density at radius 3 is 3.05 bits per heavy atom. The number of rotatable bonds is 5. The summed E-state index contributed by atoms with van der Waals surface area (Å²) in [6, 6.07) is 6.23. The highest BCUT2D eigenvalue weighted by Gasteiger charge is 2.21. The molecular formula is C16H18ClNO2. The molecule has 0 amide bonds. The van der Waals surface area contributed by atoms with Gasteiger partial charge < -0.3 is 14.5 Å². The van der Waals surface area contributed by atoms with Gasteiger partial charge in [0.25, 0.3) is 0 Å². The smallest absolute Gasteiger partial charge is 0.125 e. The monoisotopic (exact) mass is 291 g/mol. The summed E-state index contributed by atoms with van der Waals surface area (Å²) in [6.45, 7) is 3.76. The van der Waals surface area contributed by atoms with Gasteiger partial charge in [0.2, 0.25) is 0 Å². The number of halogens is 1. The van der Waals surface area contributed by atoms with Gasteiger partial charge in [-0.1, -0.05) is 18.5 Å². The van der Waals surface area contributed by atoms with Gasteiger partial charge >= 0.3 is 0 Å². The van der Waals surface area contributed by atoms with Gasteiger partial charge in [0.1, 0.15) is 5.75 Å². The molecule has 0 saturated carbocycles. The van der Waals surface area contributed by atoms with Crippen LogP contribution in [0.25, 0.3) is 0 Å². The molecule has 1 atom stereocenters. The maximum Gasteiger partial charge on any atom is 0.125 e. The van der Waals surface area contributed by atoms with E-state index in [0.29, 0.717) is 0 Å². The summed E-state index contributed by atoms with van der Waals surface area (Å²) in [5.41, 5.74) is 3.53. The van der Waals surface area contributed by atoms with Crippen LogP contribution in [0.2, 0.25) is 5.02 Å². The van der Waals surface area contributed by atoms with E-state index in [1.54, 1.807) is 12.5 Å². The van der Waals surface area contributed by atoms with Gasteiger partial charge in [-0.15, -0.1) is 0 Å². The van der Waals surface area contributed by atoms with E-state index in [1.165, 1.54) is 5.56 Å². The Kier molecular flexibility index (Phi) is 3.99. The summed E-state index contributed by atoms with van der Waals surface area (Å²) in [5, 5.41) is 4.27. The third-order valence-electron chi connectivity index (χ3n) is 3.65. The normalized spacial score (nSPS) is 14.9. The largest absolute Gasteiger partial charge is 0.493 e. The first kappa shape index (κ1) is 13.5. The van der Waals surface area contributed by atoms with E-state index >= 15 is 0 Å². The number of ether oxygens (including phenoxy) is 1. The van der Waals surface area contributed by atoms with Crippen LogP contribution < -0.4 is 10.1 Å². The fourth-order valence-electron chi connectivity index (χ4n) is 2.75. The molecule has 2 aromatic rings. The van der Waals surface area contributed by atoms with Crippen molar-refractivity contribution < 1.29 is 9.15 Å². The lowest BCUT2D eigenvalue weighted by molar-refractivity contribution is 0.351. The van der Waals surface area contributed by atoms with Crippen LogP contribution in [0.4, 0.5) is 0 Å². The summed E-state index contributed by atoms with van der Waals surface area (Å²) in [7, 11) is 0. The van der Waals surface area contributed by atoms with Crippen molar-refractivity contribution in [3.63, 3.8) is 0 Å². The molecule has 0 bridgehead atoms. The Morgan fingerprint density at radius 1 is 1.40 bits per heavy atom. The molecule has 0 saturated heterocycles. The minimum absolute atomic E-state index is 0.213. The summed E-state index contributed by atoms with van der Waals surface area (Å²) < 4.78 is 11.0. The highest BCUT2D eigenvalue weighted by molar-refractivity contribution is 6.30. The average molecular weight is 292 g/mol. The number of nitrogens with one attached hydrogen (secondary N) is 1. The average Bonchev–Trinajstić information content (AvgIpc) is 3.08. The second kappa shape index (κ2) is 5.90. The molecule has 3 nitrogen and oxygen atoms in total. The molecule has 1 aliphatic rings. The minimum atomic E-state index is 0.213. The van der Waals surface area contributed by atoms with E-state index in [-0.39, 0.29) is 6.04 Å². The van der Waals surface area contributed by atoms with E-state index < -0.39 is 0 Å². The summed E-state index contributed by atoms with van der Waals surface area (Å²) in [5.74, 6) is 1.01. The molecule has 0 spiro atoms. The molecule has 2 heterocycles. The molecule has 0 fully saturated rings. The Balaban J connectivity index is 1.89. The van der Waals surface area contributed by atoms with Gasteiger partial charge in [0, 0.05) is 23.0 Å². The SMILES string of the molecule is CCNC(Cc1cc(Cl)cc2c1OCC2)c1ccoc1. The highest BCUT2D eigenvalue weighted by atomic mass is 35.5. The second-order valence-corrected chi connectivity index (χ2v) is 5.46. The molecule has 106 valence electrons. The second-order valence-electron chi connectivity index (χ2n) is 5.02. The zero-order valence-electron chi connectivity index (χ0n) is 11.5. The third kappa shape index (κ3) is 2.69. The zero-order valence-corrected chi connectivity index (χ0v) is 12.2. The van der Waals surface area contributed by atoms with E-state index in [0.717, 1.165) is 47.9 Å². The van der Waals surface area contributed by atoms with E-state index in [9.17, 15) is 0 Å². The quantitative estimate of drug-likeness (QED) is 0.911. The standard InChI is InChI=1S/C16H18ClNO2/c1-2-18-15(12-3-5-19-10-12)9-13-8-14(17)7-11-4-6-20-16(11)13/h3,5,7-8,10,15,18H,2,4,6,9H2,1H3. The van der Waals surface area contributed by atoms with Crippen molar-refractivity contribution in [2.45, 2.75) is 25.8 Å². The first-order valence-electron chi connectivity index (χ1n) is 6.97. The maximum atomic E-state index is 6.22. The topological polar surface area (TPSA) is 34.4 Å². The van der Waals surface area contributed by atoms with Crippen LogP contribution in [0.3, 0.4) is 0 Å². The Labute approximate surface area is 123 Å². The van der Waals surface area contributed by atoms with Crippen LogP contribution in [0.15, 0.2) is 35.1 Å². The molecule has 20 heavy (non-hydrogen) atoms. The van der Waals surface area contributed by atoms with Crippen LogP contribution >= 0.6 is 11.6 Å². The van der Waals surface area contributed by atoms with Gasteiger partial charge in [-0.3, -0.25) is 0 Å². The Morgan fingerprint density at radius 2 is 2.30 bits per heavy atom. The predicted octanol–water partition coefficient (Wildman–Crippen LogP) is 3.76. The molecule has 1 N–H and O–H groups in total. The number of hydrogen-bond acceptors (Lipinski definition) is 3. The van der Waals surface area contributed by atoms with E-state index in [2.05, 4.69) is 12.2 Å². The van der Waals surface area contributed by atoms with Crippen molar-refractivity contribution in [1.29, 1.82) is 0 Å². The van der Waals surface area contributed by atoms with Gasteiger partial charge in [-0.05, 0) is 42.3 Å². The summed E-state index contributed by atoms with van der Waals surface area (Å²) in [4.78, 5) is 0. The van der Waals surface area contributed by atoms with Crippen LogP contribution in [-0.4, -0.2) is 13.2 Å². The maximum absolute atomic E-state index is 6.22. The number of likely N-dealkylation sites (N-methyl/N-ethyl adjacent to an activating group) is 1. The molecule has 0 radical (unpaired) electrons. The first-order chi connectivity index (χ1) is 9.78. The van der Waals surface area contributed by atoms with Crippen LogP contribution in [-0.2, 0) is 12.8 Å². The molecule has 1 aromatic carbocycles. The fourth-order valence-corrected chi connectivity index (χ4v) is 3.01. The van der Waals surface area contributed by atoms with Crippen molar-refractivity contribution in [3.8, 4) is 5.75 Å². The molecule has 1 unspecified atom stereocenters. The predicted molar refractivity (Wildman–Crippen MR) is 79.5 cm³/mol. The Hall–Kier alpha value is -1.45. The molecular weight excluding hydrogens is 274 g/mol. The zero-order chi connectivity index (χ0) is 13.9. The number of benzene rings is 1. The number of hydrogen-bond donors (Lipinski definition) is 1. The van der Waals surface area contributed by atoms with Crippen molar-refractivity contribution in [2.24, 2.45) is 0 Å². The van der Waals surface area contributed by atoms with Crippen molar-refractivity contribution in [2.75, 3.05) is 13.2 Å². The molecule has 1 aromatic heterocycles. The molecule has 3 rings (SSSR count). The number of furan rings is 1. The third-order valence-corrected chi connectivity index (χ3v) is 3.86. The van der Waals surface area contributed by atoms with Crippen LogP contribution in [0.5, 0.6) is 5.75 Å². The molecule has 0 aliphatic carbocycles. The highest BCUT2D eigenvalue weighted by Crippen LogP contribution is 2.35. The lowest BCUT2D eigenvalue weighted by Crippen LogP contribution is -2.22. The lowest BCUT2D eigenvalue weighted by atomic mass is 9.98. The van der Waals surface area contributed by atoms with Crippen LogP contribution in [0.1, 0.15) is 29.7 Å². The minimum Gasteiger partial charge on any atom is -0.493 e. The van der Waals surface area contributed by atoms with Crippen molar-refractivity contribution in [3.05, 3.63) is 52.4 Å². The summed E-state index contributed by atoms with van der Waals surface area (Å²) >= 11 is 6.22. The van der Waals surface area contributed by atoms with E-state index in [4.69, 9.17) is 20.8 Å².